The van der Waals surface area contributed by atoms with E-state index in [1.807, 2.05) is 0 Å². The lowest BCUT2D eigenvalue weighted by atomic mass is 10.2. The summed E-state index contributed by atoms with van der Waals surface area (Å²) in [6, 6.07) is 0. The van der Waals surface area contributed by atoms with Crippen LogP contribution in [0.1, 0.15) is 107 Å². The minimum Gasteiger partial charge on any atom is -0.399 e. The maximum atomic E-state index is 9.87. The second kappa shape index (κ2) is 11.4. The van der Waals surface area contributed by atoms with Gasteiger partial charge in [-0.05, 0) is 22.9 Å². The zero-order valence-electron chi connectivity index (χ0n) is 18.3. The molecule has 148 valence electrons. The van der Waals surface area contributed by atoms with Gasteiger partial charge in [0.05, 0.1) is 12.7 Å². The minimum atomic E-state index is -2.42. The third-order valence-electron chi connectivity index (χ3n) is 4.96. The first kappa shape index (κ1) is 24.7. The lowest BCUT2D eigenvalue weighted by molar-refractivity contribution is 0.0891. The van der Waals surface area contributed by atoms with Crippen molar-refractivity contribution >= 4 is 8.32 Å². The number of hydrogen-bond donors (Lipinski definition) is 1. The van der Waals surface area contributed by atoms with Crippen molar-refractivity contribution in [3.63, 3.8) is 0 Å². The van der Waals surface area contributed by atoms with Gasteiger partial charge in [-0.2, -0.15) is 0 Å². The summed E-state index contributed by atoms with van der Waals surface area (Å²) in [6.07, 6.45) is 9.02. The molecule has 0 saturated carbocycles. The summed E-state index contributed by atoms with van der Waals surface area (Å²) in [5, 5.41) is 9.87. The molecule has 0 bridgehead atoms. The highest BCUT2D eigenvalue weighted by molar-refractivity contribution is 6.86. The Morgan fingerprint density at radius 2 is 1.44 bits per heavy atom. The SMILES string of the molecule is CCCCCCC#C[Si](OC(CO)CCCC)(C(C)(C)C)C(C)(C)C. The third-order valence-corrected chi connectivity index (χ3v) is 10.4. The van der Waals surface area contributed by atoms with Crippen LogP contribution in [0, 0.1) is 11.5 Å². The number of rotatable bonds is 10. The van der Waals surface area contributed by atoms with E-state index in [4.69, 9.17) is 4.43 Å². The van der Waals surface area contributed by atoms with Gasteiger partial charge in [-0.25, -0.2) is 0 Å². The maximum Gasteiger partial charge on any atom is 0.282 e. The van der Waals surface area contributed by atoms with Crippen molar-refractivity contribution in [2.75, 3.05) is 6.61 Å². The summed E-state index contributed by atoms with van der Waals surface area (Å²) >= 11 is 0. The third kappa shape index (κ3) is 7.85. The van der Waals surface area contributed by atoms with Crippen molar-refractivity contribution in [3.05, 3.63) is 0 Å². The Hall–Kier alpha value is -0.303. The van der Waals surface area contributed by atoms with Gasteiger partial charge in [0.15, 0.2) is 0 Å². The van der Waals surface area contributed by atoms with Gasteiger partial charge in [-0.1, -0.05) is 93.0 Å². The van der Waals surface area contributed by atoms with E-state index >= 15 is 0 Å². The van der Waals surface area contributed by atoms with E-state index in [2.05, 4.69) is 66.9 Å². The van der Waals surface area contributed by atoms with Crippen molar-refractivity contribution in [3.8, 4) is 11.5 Å². The van der Waals surface area contributed by atoms with E-state index in [0.29, 0.717) is 0 Å². The monoisotopic (exact) mass is 368 g/mol. The van der Waals surface area contributed by atoms with E-state index in [9.17, 15) is 5.11 Å². The van der Waals surface area contributed by atoms with Crippen LogP contribution in [-0.4, -0.2) is 26.1 Å². The fourth-order valence-corrected chi connectivity index (χ4v) is 8.41. The molecule has 2 nitrogen and oxygen atoms in total. The van der Waals surface area contributed by atoms with Crippen molar-refractivity contribution < 1.29 is 9.53 Å². The first-order chi connectivity index (χ1) is 11.6. The molecule has 0 aliphatic heterocycles. The zero-order valence-corrected chi connectivity index (χ0v) is 19.3. The van der Waals surface area contributed by atoms with Crippen molar-refractivity contribution in [2.24, 2.45) is 0 Å². The Kier molecular flexibility index (Phi) is 11.3. The summed E-state index contributed by atoms with van der Waals surface area (Å²) in [5.74, 6) is 3.49. The van der Waals surface area contributed by atoms with Crippen LogP contribution in [0.25, 0.3) is 0 Å². The molecule has 25 heavy (non-hydrogen) atoms. The Morgan fingerprint density at radius 1 is 0.880 bits per heavy atom. The Morgan fingerprint density at radius 3 is 1.88 bits per heavy atom. The molecule has 0 aromatic heterocycles. The first-order valence-electron chi connectivity index (χ1n) is 10.3. The Labute approximate surface area is 159 Å². The highest BCUT2D eigenvalue weighted by Gasteiger charge is 2.55. The van der Waals surface area contributed by atoms with Crippen LogP contribution in [-0.2, 0) is 4.43 Å². The molecule has 1 atom stereocenters. The quantitative estimate of drug-likeness (QED) is 0.267. The molecule has 1 unspecified atom stereocenters. The van der Waals surface area contributed by atoms with E-state index in [-0.39, 0.29) is 22.8 Å². The van der Waals surface area contributed by atoms with Gasteiger partial charge in [-0.15, -0.1) is 5.92 Å². The summed E-state index contributed by atoms with van der Waals surface area (Å²) in [4.78, 5) is 0. The number of aliphatic hydroxyl groups is 1. The minimum absolute atomic E-state index is 0.00129. The highest BCUT2D eigenvalue weighted by atomic mass is 28.4. The lowest BCUT2D eigenvalue weighted by Gasteiger charge is -2.48. The van der Waals surface area contributed by atoms with Gasteiger partial charge in [-0.3, -0.25) is 0 Å². The van der Waals surface area contributed by atoms with Crippen molar-refractivity contribution in [1.82, 2.24) is 0 Å². The molecule has 0 saturated heterocycles. The molecule has 0 amide bonds. The van der Waals surface area contributed by atoms with Gasteiger partial charge in [0.25, 0.3) is 8.32 Å². The second-order valence-corrected chi connectivity index (χ2v) is 14.2. The van der Waals surface area contributed by atoms with Crippen LogP contribution >= 0.6 is 0 Å². The predicted octanol–water partition coefficient (Wildman–Crippen LogP) is 6.61. The van der Waals surface area contributed by atoms with Crippen LogP contribution in [0.4, 0.5) is 0 Å². The molecule has 0 heterocycles. The van der Waals surface area contributed by atoms with Gasteiger partial charge >= 0.3 is 0 Å². The van der Waals surface area contributed by atoms with Gasteiger partial charge < -0.3 is 9.53 Å². The van der Waals surface area contributed by atoms with Gasteiger partial charge in [0.2, 0.25) is 0 Å². The molecule has 0 aliphatic carbocycles. The summed E-state index contributed by atoms with van der Waals surface area (Å²) in [6.45, 7) is 18.1. The van der Waals surface area contributed by atoms with E-state index in [1.165, 1.54) is 25.7 Å². The molecular formula is C22H44O2Si. The summed E-state index contributed by atoms with van der Waals surface area (Å²) in [5.41, 5.74) is 3.69. The Bertz CT molecular complexity index is 392. The second-order valence-electron chi connectivity index (χ2n) is 9.36. The normalized spacial score (nSPS) is 14.1. The first-order valence-corrected chi connectivity index (χ1v) is 12.2. The number of hydrogen-bond acceptors (Lipinski definition) is 2. The highest BCUT2D eigenvalue weighted by Crippen LogP contribution is 2.52. The van der Waals surface area contributed by atoms with Crippen LogP contribution in [0.2, 0.25) is 10.1 Å². The largest absolute Gasteiger partial charge is 0.399 e. The molecule has 0 aromatic rings. The van der Waals surface area contributed by atoms with Crippen LogP contribution < -0.4 is 0 Å². The van der Waals surface area contributed by atoms with Gasteiger partial charge in [0, 0.05) is 6.42 Å². The maximum absolute atomic E-state index is 9.87. The lowest BCUT2D eigenvalue weighted by Crippen LogP contribution is -2.56. The summed E-state index contributed by atoms with van der Waals surface area (Å²) < 4.78 is 6.76. The standard InChI is InChI=1S/C22H44O2Si/c1-9-11-13-14-15-16-18-25(21(3,4)5,22(6,7)8)24-20(19-23)17-12-10-2/h20,23H,9-15,17,19H2,1-8H3. The molecule has 0 rings (SSSR count). The Balaban J connectivity index is 5.51. The molecule has 0 aliphatic rings. The molecule has 0 aromatic carbocycles. The van der Waals surface area contributed by atoms with E-state index in [0.717, 1.165) is 25.7 Å². The van der Waals surface area contributed by atoms with Gasteiger partial charge in [0.1, 0.15) is 0 Å². The topological polar surface area (TPSA) is 29.5 Å². The average Bonchev–Trinajstić information content (AvgIpc) is 2.50. The zero-order chi connectivity index (χ0) is 19.6. The molecular weight excluding hydrogens is 324 g/mol. The van der Waals surface area contributed by atoms with Crippen LogP contribution in [0.3, 0.4) is 0 Å². The molecule has 0 radical (unpaired) electrons. The molecule has 1 N–H and O–H groups in total. The average molecular weight is 369 g/mol. The van der Waals surface area contributed by atoms with Crippen LogP contribution in [0.15, 0.2) is 0 Å². The molecule has 3 heteroatoms. The van der Waals surface area contributed by atoms with Crippen molar-refractivity contribution in [1.29, 1.82) is 0 Å². The molecule has 0 fully saturated rings. The number of aliphatic hydroxyl groups excluding tert-OH is 1. The molecule has 0 spiro atoms. The fraction of sp³-hybridized carbons (Fsp3) is 0.909. The van der Waals surface area contributed by atoms with E-state index in [1.54, 1.807) is 0 Å². The van der Waals surface area contributed by atoms with Crippen LogP contribution in [0.5, 0.6) is 0 Å². The summed E-state index contributed by atoms with van der Waals surface area (Å²) in [7, 11) is -2.42. The fourth-order valence-electron chi connectivity index (χ4n) is 3.58. The van der Waals surface area contributed by atoms with Crippen molar-refractivity contribution in [2.45, 2.75) is 123 Å². The number of unbranched alkanes of at least 4 members (excludes halogenated alkanes) is 5. The smallest absolute Gasteiger partial charge is 0.282 e. The predicted molar refractivity (Wildman–Crippen MR) is 113 cm³/mol. The van der Waals surface area contributed by atoms with E-state index < -0.39 is 8.32 Å².